The molecule has 0 spiro atoms. The fraction of sp³-hybridized carbons (Fsp3) is 0.385. The van der Waals surface area contributed by atoms with Crippen molar-refractivity contribution in [3.63, 3.8) is 0 Å². The third kappa shape index (κ3) is 2.71. The van der Waals surface area contributed by atoms with Gasteiger partial charge >= 0.3 is 0 Å². The molecule has 0 radical (unpaired) electrons. The van der Waals surface area contributed by atoms with Gasteiger partial charge in [-0.2, -0.15) is 4.98 Å². The van der Waals surface area contributed by atoms with E-state index < -0.39 is 0 Å². The lowest BCUT2D eigenvalue weighted by Gasteiger charge is -2.01. The van der Waals surface area contributed by atoms with Crippen molar-refractivity contribution in [3.8, 4) is 11.4 Å². The lowest BCUT2D eigenvalue weighted by Crippen LogP contribution is -1.95. The highest BCUT2D eigenvalue weighted by Crippen LogP contribution is 2.27. The van der Waals surface area contributed by atoms with E-state index in [0.29, 0.717) is 11.6 Å². The van der Waals surface area contributed by atoms with Crippen LogP contribution in [0.15, 0.2) is 26.4 Å². The van der Waals surface area contributed by atoms with Gasteiger partial charge in [-0.3, -0.25) is 0 Å². The fourth-order valence-corrected chi connectivity index (χ4v) is 2.66. The second kappa shape index (κ2) is 5.72. The summed E-state index contributed by atoms with van der Waals surface area (Å²) in [5, 5.41) is 13.1. The van der Waals surface area contributed by atoms with Crippen LogP contribution in [0.4, 0.5) is 0 Å². The molecule has 0 atom stereocenters. The van der Waals surface area contributed by atoms with E-state index in [4.69, 9.17) is 8.94 Å². The molecule has 0 aromatic carbocycles. The predicted molar refractivity (Wildman–Crippen MR) is 76.7 cm³/mol. The number of furan rings is 1. The summed E-state index contributed by atoms with van der Waals surface area (Å²) in [4.78, 5) is 4.27. The minimum atomic E-state index is 0.573. The van der Waals surface area contributed by atoms with Gasteiger partial charge < -0.3 is 13.5 Å². The Morgan fingerprint density at radius 2 is 2.19 bits per heavy atom. The Morgan fingerprint density at radius 1 is 1.33 bits per heavy atom. The maximum atomic E-state index is 5.31. The average molecular weight is 305 g/mol. The smallest absolute Gasteiger partial charge is 0.237 e. The first kappa shape index (κ1) is 13.9. The molecule has 7 nitrogen and oxygen atoms in total. The molecule has 0 unspecified atom stereocenters. The summed E-state index contributed by atoms with van der Waals surface area (Å²) < 4.78 is 12.4. The number of hydrogen-bond acceptors (Lipinski definition) is 7. The Morgan fingerprint density at radius 3 is 2.86 bits per heavy atom. The van der Waals surface area contributed by atoms with Gasteiger partial charge in [0.15, 0.2) is 16.8 Å². The summed E-state index contributed by atoms with van der Waals surface area (Å²) in [6, 6.07) is 1.89. The van der Waals surface area contributed by atoms with E-state index in [1.54, 1.807) is 6.26 Å². The molecule has 3 rings (SSSR count). The molecule has 0 aliphatic heterocycles. The van der Waals surface area contributed by atoms with Crippen molar-refractivity contribution in [1.82, 2.24) is 24.9 Å². The fourth-order valence-electron chi connectivity index (χ4n) is 1.91. The topological polar surface area (TPSA) is 82.8 Å². The second-order valence-corrected chi connectivity index (χ2v) is 5.44. The lowest BCUT2D eigenvalue weighted by molar-refractivity contribution is 0.385. The van der Waals surface area contributed by atoms with E-state index in [2.05, 4.69) is 20.3 Å². The Hall–Kier alpha value is -2.09. The van der Waals surface area contributed by atoms with Gasteiger partial charge in [-0.05, 0) is 13.0 Å². The van der Waals surface area contributed by atoms with Crippen LogP contribution in [0, 0.1) is 6.92 Å². The van der Waals surface area contributed by atoms with Gasteiger partial charge in [0.05, 0.1) is 17.6 Å². The van der Waals surface area contributed by atoms with Gasteiger partial charge in [-0.1, -0.05) is 23.8 Å². The van der Waals surface area contributed by atoms with Crippen molar-refractivity contribution in [2.45, 2.75) is 31.2 Å². The van der Waals surface area contributed by atoms with Crippen LogP contribution in [0.5, 0.6) is 0 Å². The molecule has 3 heterocycles. The quantitative estimate of drug-likeness (QED) is 0.670. The van der Waals surface area contributed by atoms with Crippen LogP contribution in [0.3, 0.4) is 0 Å². The van der Waals surface area contributed by atoms with Crippen molar-refractivity contribution >= 4 is 11.8 Å². The van der Waals surface area contributed by atoms with Gasteiger partial charge in [0.2, 0.25) is 5.89 Å². The zero-order chi connectivity index (χ0) is 14.8. The van der Waals surface area contributed by atoms with E-state index >= 15 is 0 Å². The maximum absolute atomic E-state index is 5.31. The van der Waals surface area contributed by atoms with E-state index in [1.165, 1.54) is 11.8 Å². The molecule has 3 aromatic rings. The van der Waals surface area contributed by atoms with Crippen molar-refractivity contribution in [3.05, 3.63) is 29.8 Å². The molecule has 0 aliphatic carbocycles. The second-order valence-electron chi connectivity index (χ2n) is 4.50. The summed E-state index contributed by atoms with van der Waals surface area (Å²) in [5.41, 5.74) is 0.947. The number of aromatic nitrogens is 5. The minimum Gasteiger partial charge on any atom is -0.469 e. The Balaban J connectivity index is 1.75. The van der Waals surface area contributed by atoms with Crippen LogP contribution in [0.25, 0.3) is 11.4 Å². The van der Waals surface area contributed by atoms with Crippen molar-refractivity contribution in [2.75, 3.05) is 0 Å². The highest BCUT2D eigenvalue weighted by Gasteiger charge is 2.15. The lowest BCUT2D eigenvalue weighted by atomic mass is 10.2. The van der Waals surface area contributed by atoms with Crippen LogP contribution in [-0.4, -0.2) is 24.9 Å². The first-order chi connectivity index (χ1) is 10.2. The molecule has 110 valence electrons. The van der Waals surface area contributed by atoms with Crippen LogP contribution in [0.1, 0.15) is 24.4 Å². The van der Waals surface area contributed by atoms with Gasteiger partial charge in [0.1, 0.15) is 5.76 Å². The summed E-state index contributed by atoms with van der Waals surface area (Å²) in [6.45, 7) is 3.89. The summed E-state index contributed by atoms with van der Waals surface area (Å²) >= 11 is 1.51. The SMILES string of the molecule is CCc1noc(CSc2nnc(-c3ccoc3C)n2C)n1. The van der Waals surface area contributed by atoms with Crippen molar-refractivity contribution < 1.29 is 8.94 Å². The molecule has 0 amide bonds. The number of hydrogen-bond donors (Lipinski definition) is 0. The van der Waals surface area contributed by atoms with Crippen molar-refractivity contribution in [1.29, 1.82) is 0 Å². The standard InChI is InChI=1S/C13H15N5O2S/c1-4-10-14-11(20-17-10)7-21-13-16-15-12(18(13)3)9-5-6-19-8(9)2/h5-6H,4,7H2,1-3H3. The molecule has 0 N–H and O–H groups in total. The number of rotatable bonds is 5. The van der Waals surface area contributed by atoms with Gasteiger partial charge in [-0.25, -0.2) is 0 Å². The first-order valence-electron chi connectivity index (χ1n) is 6.57. The maximum Gasteiger partial charge on any atom is 0.237 e. The zero-order valence-electron chi connectivity index (χ0n) is 12.0. The highest BCUT2D eigenvalue weighted by molar-refractivity contribution is 7.98. The zero-order valence-corrected chi connectivity index (χ0v) is 12.8. The monoisotopic (exact) mass is 305 g/mol. The Bertz CT molecular complexity index is 745. The molecule has 8 heteroatoms. The van der Waals surface area contributed by atoms with Crippen LogP contribution < -0.4 is 0 Å². The highest BCUT2D eigenvalue weighted by atomic mass is 32.2. The summed E-state index contributed by atoms with van der Waals surface area (Å²) in [6.07, 6.45) is 2.42. The number of aryl methyl sites for hydroxylation is 2. The van der Waals surface area contributed by atoms with E-state index in [9.17, 15) is 0 Å². The molecule has 3 aromatic heterocycles. The Labute approximate surface area is 125 Å². The summed E-state index contributed by atoms with van der Waals surface area (Å²) in [5.74, 6) is 3.50. The molecule has 21 heavy (non-hydrogen) atoms. The molecule has 0 bridgehead atoms. The van der Waals surface area contributed by atoms with Crippen LogP contribution >= 0.6 is 11.8 Å². The third-order valence-corrected chi connectivity index (χ3v) is 4.09. The van der Waals surface area contributed by atoms with Crippen LogP contribution in [0.2, 0.25) is 0 Å². The number of thioether (sulfide) groups is 1. The van der Waals surface area contributed by atoms with Gasteiger partial charge in [-0.15, -0.1) is 10.2 Å². The van der Waals surface area contributed by atoms with Crippen molar-refractivity contribution in [2.24, 2.45) is 7.05 Å². The molecular formula is C13H15N5O2S. The Kier molecular flexibility index (Phi) is 3.78. The summed E-state index contributed by atoms with van der Waals surface area (Å²) in [7, 11) is 1.93. The van der Waals surface area contributed by atoms with E-state index in [-0.39, 0.29) is 0 Å². The van der Waals surface area contributed by atoms with E-state index in [1.807, 2.05) is 31.5 Å². The predicted octanol–water partition coefficient (Wildman–Crippen LogP) is 2.62. The molecule has 0 saturated heterocycles. The van der Waals surface area contributed by atoms with E-state index in [0.717, 1.165) is 34.5 Å². The molecule has 0 aliphatic rings. The minimum absolute atomic E-state index is 0.573. The number of nitrogens with zero attached hydrogens (tertiary/aromatic N) is 5. The molecular weight excluding hydrogens is 290 g/mol. The molecule has 0 saturated carbocycles. The molecule has 0 fully saturated rings. The average Bonchev–Trinajstić information content (AvgIpc) is 3.17. The van der Waals surface area contributed by atoms with Gasteiger partial charge in [0, 0.05) is 13.5 Å². The third-order valence-electron chi connectivity index (χ3n) is 3.09. The normalized spacial score (nSPS) is 11.2. The van der Waals surface area contributed by atoms with Gasteiger partial charge in [0.25, 0.3) is 0 Å². The largest absolute Gasteiger partial charge is 0.469 e. The van der Waals surface area contributed by atoms with Crippen LogP contribution in [-0.2, 0) is 19.2 Å². The first-order valence-corrected chi connectivity index (χ1v) is 7.55.